The molecule has 0 spiro atoms. The van der Waals surface area contributed by atoms with Gasteiger partial charge in [-0.25, -0.2) is 0 Å². The van der Waals surface area contributed by atoms with Crippen molar-refractivity contribution in [3.05, 3.63) is 0 Å². The van der Waals surface area contributed by atoms with E-state index >= 15 is 0 Å². The highest BCUT2D eigenvalue weighted by atomic mass is 14.8. The summed E-state index contributed by atoms with van der Waals surface area (Å²) >= 11 is 0. The van der Waals surface area contributed by atoms with Gasteiger partial charge >= 0.3 is 0 Å². The van der Waals surface area contributed by atoms with Crippen LogP contribution in [0.1, 0.15) is 92.9 Å². The minimum Gasteiger partial charge on any atom is -0.344 e. The van der Waals surface area contributed by atoms with Crippen LogP contribution in [0.15, 0.2) is 0 Å². The van der Waals surface area contributed by atoms with Gasteiger partial charge in [0.05, 0.1) is 0 Å². The van der Waals surface area contributed by atoms with E-state index in [2.05, 4.69) is 41.5 Å². The predicted octanol–water partition coefficient (Wildman–Crippen LogP) is 5.42. The van der Waals surface area contributed by atoms with E-state index in [9.17, 15) is 0 Å². The van der Waals surface area contributed by atoms with E-state index in [1.165, 1.54) is 38.5 Å². The van der Waals surface area contributed by atoms with Crippen molar-refractivity contribution in [3.8, 4) is 0 Å². The lowest BCUT2D eigenvalue weighted by Crippen LogP contribution is -2.48. The molecule has 2 saturated carbocycles. The summed E-state index contributed by atoms with van der Waals surface area (Å²) in [4.78, 5) is 0. The largest absolute Gasteiger partial charge is 0.344 e. The Morgan fingerprint density at radius 2 is 1.33 bits per heavy atom. The molecule has 10 N–H and O–H groups in total. The molecule has 0 aromatic heterocycles. The van der Waals surface area contributed by atoms with Gasteiger partial charge in [0.25, 0.3) is 0 Å². The second-order valence-corrected chi connectivity index (χ2v) is 9.51. The van der Waals surface area contributed by atoms with Crippen LogP contribution < -0.4 is 23.8 Å². The molecular weight excluding hydrogens is 296 g/mol. The first kappa shape index (κ1) is 26.1. The Hall–Kier alpha value is -0.160. The quantitative estimate of drug-likeness (QED) is 0.533. The molecule has 0 radical (unpaired) electrons. The average molecular weight is 345 g/mol. The van der Waals surface area contributed by atoms with E-state index in [0.29, 0.717) is 5.92 Å². The maximum Gasteiger partial charge on any atom is 0.0126 e. The normalized spacial score (nSPS) is 33.6. The third kappa shape index (κ3) is 9.36. The van der Waals surface area contributed by atoms with Crippen molar-refractivity contribution in [3.63, 3.8) is 0 Å². The van der Waals surface area contributed by atoms with Crippen LogP contribution in [-0.4, -0.2) is 11.1 Å². The van der Waals surface area contributed by atoms with Crippen LogP contribution in [0.5, 0.6) is 0 Å². The second-order valence-electron chi connectivity index (χ2n) is 9.51. The molecule has 148 valence electrons. The van der Waals surface area contributed by atoms with Crippen molar-refractivity contribution in [1.82, 2.24) is 12.3 Å². The molecule has 2 aliphatic rings. The van der Waals surface area contributed by atoms with Gasteiger partial charge in [-0.1, -0.05) is 33.6 Å². The molecule has 0 aromatic rings. The third-order valence-electron chi connectivity index (χ3n) is 6.18. The van der Waals surface area contributed by atoms with E-state index in [1.54, 1.807) is 0 Å². The second kappa shape index (κ2) is 10.7. The number of hydrogen-bond donors (Lipinski definition) is 4. The third-order valence-corrected chi connectivity index (χ3v) is 6.18. The number of nitrogens with two attached hydrogens (primary N) is 2. The molecule has 0 heterocycles. The number of rotatable bonds is 2. The lowest BCUT2D eigenvalue weighted by atomic mass is 9.71. The molecule has 0 unspecified atom stereocenters. The van der Waals surface area contributed by atoms with Crippen LogP contribution >= 0.6 is 0 Å². The molecule has 0 saturated heterocycles. The highest BCUT2D eigenvalue weighted by Gasteiger charge is 2.33. The summed E-state index contributed by atoms with van der Waals surface area (Å²) in [5.41, 5.74) is 12.2. The van der Waals surface area contributed by atoms with Crippen LogP contribution in [0.2, 0.25) is 0 Å². The van der Waals surface area contributed by atoms with Crippen molar-refractivity contribution in [2.24, 2.45) is 35.1 Å². The molecule has 4 heteroatoms. The lowest BCUT2D eigenvalue weighted by molar-refractivity contribution is 0.185. The summed E-state index contributed by atoms with van der Waals surface area (Å²) in [6, 6.07) is 0. The SMILES string of the molecule is CC1(N)CCC(C(C)(C)N)CC1.CC1CCC(C(C)C)CC1.N.N. The van der Waals surface area contributed by atoms with Gasteiger partial charge in [0.15, 0.2) is 0 Å². The maximum atomic E-state index is 6.06. The van der Waals surface area contributed by atoms with Crippen LogP contribution in [0.25, 0.3) is 0 Å². The Labute approximate surface area is 152 Å². The molecule has 2 aliphatic carbocycles. The Kier molecular flexibility index (Phi) is 11.7. The van der Waals surface area contributed by atoms with E-state index in [1.807, 2.05) is 0 Å². The highest BCUT2D eigenvalue weighted by Crippen LogP contribution is 2.35. The van der Waals surface area contributed by atoms with Crippen molar-refractivity contribution in [2.75, 3.05) is 0 Å². The Morgan fingerprint density at radius 3 is 1.67 bits per heavy atom. The van der Waals surface area contributed by atoms with Gasteiger partial charge in [-0.05, 0) is 83.0 Å². The van der Waals surface area contributed by atoms with Gasteiger partial charge < -0.3 is 23.8 Å². The Bertz CT molecular complexity index is 302. The summed E-state index contributed by atoms with van der Waals surface area (Å²) < 4.78 is 0. The van der Waals surface area contributed by atoms with Gasteiger partial charge in [0.2, 0.25) is 0 Å². The van der Waals surface area contributed by atoms with Crippen LogP contribution in [0.3, 0.4) is 0 Å². The highest BCUT2D eigenvalue weighted by molar-refractivity contribution is 4.92. The average Bonchev–Trinajstić information content (AvgIpc) is 2.38. The fourth-order valence-electron chi connectivity index (χ4n) is 3.97. The fourth-order valence-corrected chi connectivity index (χ4v) is 3.97. The van der Waals surface area contributed by atoms with Crippen LogP contribution in [0, 0.1) is 23.7 Å². The number of hydrogen-bond acceptors (Lipinski definition) is 4. The molecule has 0 aliphatic heterocycles. The van der Waals surface area contributed by atoms with E-state index in [-0.39, 0.29) is 23.4 Å². The van der Waals surface area contributed by atoms with Crippen molar-refractivity contribution in [2.45, 2.75) is 104 Å². The molecule has 0 aromatic carbocycles. The Morgan fingerprint density at radius 1 is 0.917 bits per heavy atom. The molecule has 0 bridgehead atoms. The van der Waals surface area contributed by atoms with Gasteiger partial charge in [-0.2, -0.15) is 0 Å². The van der Waals surface area contributed by atoms with Crippen LogP contribution in [0.4, 0.5) is 0 Å². The molecule has 2 fully saturated rings. The van der Waals surface area contributed by atoms with E-state index in [4.69, 9.17) is 11.5 Å². The Balaban J connectivity index is 0. The zero-order chi connectivity index (χ0) is 17.0. The minimum atomic E-state index is -0.0174. The fraction of sp³-hybridized carbons (Fsp3) is 1.00. The van der Waals surface area contributed by atoms with Crippen molar-refractivity contribution in [1.29, 1.82) is 0 Å². The van der Waals surface area contributed by atoms with Gasteiger partial charge in [-0.15, -0.1) is 0 Å². The molecule has 0 atom stereocenters. The molecular formula is C20H48N4. The predicted molar refractivity (Wildman–Crippen MR) is 109 cm³/mol. The summed E-state index contributed by atoms with van der Waals surface area (Å²) in [5.74, 6) is 3.63. The first-order chi connectivity index (χ1) is 10.0. The zero-order valence-electron chi connectivity index (χ0n) is 17.5. The topological polar surface area (TPSA) is 122 Å². The molecule has 24 heavy (non-hydrogen) atoms. The minimum absolute atomic E-state index is 0. The summed E-state index contributed by atoms with van der Waals surface area (Å²) in [6.45, 7) is 13.5. The molecule has 0 amide bonds. The monoisotopic (exact) mass is 344 g/mol. The summed E-state index contributed by atoms with van der Waals surface area (Å²) in [5, 5.41) is 0. The first-order valence-corrected chi connectivity index (χ1v) is 9.59. The summed E-state index contributed by atoms with van der Waals surface area (Å²) in [7, 11) is 0. The van der Waals surface area contributed by atoms with Gasteiger partial charge in [0, 0.05) is 11.1 Å². The van der Waals surface area contributed by atoms with Gasteiger partial charge in [-0.3, -0.25) is 0 Å². The van der Waals surface area contributed by atoms with E-state index in [0.717, 1.165) is 30.6 Å². The molecule has 4 nitrogen and oxygen atoms in total. The van der Waals surface area contributed by atoms with E-state index < -0.39 is 0 Å². The van der Waals surface area contributed by atoms with Gasteiger partial charge in [0.1, 0.15) is 0 Å². The summed E-state index contributed by atoms with van der Waals surface area (Å²) in [6.07, 6.45) is 10.5. The van der Waals surface area contributed by atoms with Crippen molar-refractivity contribution < 1.29 is 0 Å². The van der Waals surface area contributed by atoms with Crippen LogP contribution in [-0.2, 0) is 0 Å². The smallest absolute Gasteiger partial charge is 0.0126 e. The van der Waals surface area contributed by atoms with Crippen molar-refractivity contribution >= 4 is 0 Å². The zero-order valence-corrected chi connectivity index (χ0v) is 17.5. The lowest BCUT2D eigenvalue weighted by Gasteiger charge is -2.40. The first-order valence-electron chi connectivity index (χ1n) is 9.59. The standard InChI is InChI=1S/C10H22N2.C10H20.2H3N/c1-9(2,11)8-4-6-10(3,12)7-5-8;1-8(2)10-6-4-9(3)5-7-10;;/h8H,4-7,11-12H2,1-3H3;8-10H,4-7H2,1-3H3;2*1H3. The maximum absolute atomic E-state index is 6.06. The molecule has 2 rings (SSSR count).